The van der Waals surface area contributed by atoms with E-state index in [1.165, 1.54) is 0 Å². The van der Waals surface area contributed by atoms with Crippen LogP contribution in [0.1, 0.15) is 5.56 Å². The zero-order chi connectivity index (χ0) is 18.1. The van der Waals surface area contributed by atoms with Gasteiger partial charge >= 0.3 is 0 Å². The third-order valence-corrected chi connectivity index (χ3v) is 4.39. The van der Waals surface area contributed by atoms with Gasteiger partial charge in [0.15, 0.2) is 10.8 Å². The predicted octanol–water partition coefficient (Wildman–Crippen LogP) is 3.14. The number of thiocarbonyl (C=S) groups is 1. The lowest BCUT2D eigenvalue weighted by atomic mass is 10.2. The van der Waals surface area contributed by atoms with Crippen LogP contribution in [-0.4, -0.2) is 24.9 Å². The second-order valence-corrected chi connectivity index (χ2v) is 6.31. The number of rotatable bonds is 3. The van der Waals surface area contributed by atoms with Gasteiger partial charge < -0.3 is 9.88 Å². The van der Waals surface area contributed by atoms with Crippen LogP contribution in [0.25, 0.3) is 22.1 Å². The number of benzene rings is 2. The monoisotopic (exact) mass is 363 g/mol. The van der Waals surface area contributed by atoms with Crippen LogP contribution < -0.4 is 16.2 Å². The minimum absolute atomic E-state index is 0.345. The summed E-state index contributed by atoms with van der Waals surface area (Å²) in [5.41, 5.74) is 10.4. The number of aryl methyl sites for hydroxylation is 2. The highest BCUT2D eigenvalue weighted by molar-refractivity contribution is 7.80. The summed E-state index contributed by atoms with van der Waals surface area (Å²) in [6.07, 6.45) is 0. The molecule has 7 nitrogen and oxygen atoms in total. The number of para-hydroxylation sites is 2. The Bertz CT molecular complexity index is 1120. The van der Waals surface area contributed by atoms with E-state index in [1.54, 1.807) is 0 Å². The van der Waals surface area contributed by atoms with Gasteiger partial charge in [-0.15, -0.1) is 10.2 Å². The Labute approximate surface area is 155 Å². The number of hydrogen-bond acceptors (Lipinski definition) is 5. The average Bonchev–Trinajstić information content (AvgIpc) is 2.94. The van der Waals surface area contributed by atoms with Gasteiger partial charge in [-0.3, -0.25) is 10.9 Å². The quantitative estimate of drug-likeness (QED) is 0.381. The molecule has 0 saturated heterocycles. The summed E-state index contributed by atoms with van der Waals surface area (Å²) < 4.78 is 1.99. The number of nitrogens with one attached hydrogen (secondary N) is 3. The lowest BCUT2D eigenvalue weighted by Crippen LogP contribution is -2.34. The number of fused-ring (bicyclic) bond motifs is 3. The van der Waals surface area contributed by atoms with Crippen molar-refractivity contribution < 1.29 is 0 Å². The van der Waals surface area contributed by atoms with Gasteiger partial charge in [-0.05, 0) is 36.8 Å². The molecule has 4 aromatic rings. The lowest BCUT2D eigenvalue weighted by Gasteiger charge is -2.12. The van der Waals surface area contributed by atoms with Crippen LogP contribution in [0.5, 0.6) is 0 Å². The molecule has 8 heteroatoms. The Hall–Kier alpha value is -3.26. The first-order valence-electron chi connectivity index (χ1n) is 8.10. The predicted molar refractivity (Wildman–Crippen MR) is 108 cm³/mol. The van der Waals surface area contributed by atoms with Crippen molar-refractivity contribution in [2.75, 3.05) is 10.7 Å². The first kappa shape index (κ1) is 16.2. The summed E-state index contributed by atoms with van der Waals surface area (Å²) in [6, 6.07) is 15.9. The molecule has 0 amide bonds. The molecule has 3 N–H and O–H groups in total. The number of hydrogen-bond donors (Lipinski definition) is 3. The van der Waals surface area contributed by atoms with E-state index in [2.05, 4.69) is 31.3 Å². The van der Waals surface area contributed by atoms with Crippen LogP contribution in [0.3, 0.4) is 0 Å². The summed E-state index contributed by atoms with van der Waals surface area (Å²) in [5, 5.41) is 13.0. The summed E-state index contributed by atoms with van der Waals surface area (Å²) in [6.45, 7) is 2.01. The Morgan fingerprint density at radius 1 is 1.04 bits per heavy atom. The molecule has 0 aliphatic carbocycles. The molecule has 0 bridgehead atoms. The third kappa shape index (κ3) is 2.91. The normalized spacial score (nSPS) is 10.8. The molecule has 0 aliphatic heterocycles. The molecule has 4 rings (SSSR count). The van der Waals surface area contributed by atoms with E-state index >= 15 is 0 Å². The average molecular weight is 363 g/mol. The van der Waals surface area contributed by atoms with Crippen LogP contribution in [-0.2, 0) is 7.05 Å². The molecule has 0 unspecified atom stereocenters. The molecule has 0 radical (unpaired) electrons. The van der Waals surface area contributed by atoms with Crippen molar-refractivity contribution in [1.82, 2.24) is 25.2 Å². The van der Waals surface area contributed by atoms with E-state index in [9.17, 15) is 0 Å². The smallest absolute Gasteiger partial charge is 0.263 e. The standard InChI is InChI=1S/C18H17N7S/c1-11-7-3-5-9-13(11)19-18(26)24-23-17-20-16-15(21-22-17)12-8-4-6-10-14(12)25(16)2/h3-10H,1-2H3,(H2,19,24,26)(H,20,22,23). The SMILES string of the molecule is Cc1ccccc1NC(=S)NNc1nnc2c3ccccc3n(C)c2n1. The molecule has 130 valence electrons. The molecule has 2 heterocycles. The highest BCUT2D eigenvalue weighted by Crippen LogP contribution is 2.24. The maximum Gasteiger partial charge on any atom is 0.263 e. The van der Waals surface area contributed by atoms with Gasteiger partial charge in [-0.25, -0.2) is 0 Å². The van der Waals surface area contributed by atoms with Gasteiger partial charge in [0, 0.05) is 18.1 Å². The van der Waals surface area contributed by atoms with E-state index < -0.39 is 0 Å². The van der Waals surface area contributed by atoms with Gasteiger partial charge in [0.05, 0.1) is 5.52 Å². The third-order valence-electron chi connectivity index (χ3n) is 4.19. The lowest BCUT2D eigenvalue weighted by molar-refractivity contribution is 0.934. The van der Waals surface area contributed by atoms with Crippen molar-refractivity contribution in [1.29, 1.82) is 0 Å². The second-order valence-electron chi connectivity index (χ2n) is 5.90. The minimum Gasteiger partial charge on any atom is -0.331 e. The molecule has 26 heavy (non-hydrogen) atoms. The van der Waals surface area contributed by atoms with Gasteiger partial charge in [-0.1, -0.05) is 36.4 Å². The van der Waals surface area contributed by atoms with Crippen molar-refractivity contribution in [2.24, 2.45) is 7.05 Å². The van der Waals surface area contributed by atoms with Crippen molar-refractivity contribution in [3.05, 3.63) is 54.1 Å². The molecule has 2 aromatic heterocycles. The van der Waals surface area contributed by atoms with Gasteiger partial charge in [-0.2, -0.15) is 4.98 Å². The number of aromatic nitrogens is 4. The molecular formula is C18H17N7S. The van der Waals surface area contributed by atoms with Crippen LogP contribution in [0, 0.1) is 6.92 Å². The first-order valence-corrected chi connectivity index (χ1v) is 8.51. The number of anilines is 2. The Morgan fingerprint density at radius 2 is 1.81 bits per heavy atom. The van der Waals surface area contributed by atoms with Crippen LogP contribution in [0.2, 0.25) is 0 Å². The molecule has 2 aromatic carbocycles. The number of nitrogens with zero attached hydrogens (tertiary/aromatic N) is 4. The van der Waals surface area contributed by atoms with E-state index in [-0.39, 0.29) is 0 Å². The zero-order valence-electron chi connectivity index (χ0n) is 14.3. The fraction of sp³-hybridized carbons (Fsp3) is 0.111. The topological polar surface area (TPSA) is 79.7 Å². The summed E-state index contributed by atoms with van der Waals surface area (Å²) in [5.74, 6) is 0.345. The molecule has 0 saturated carbocycles. The van der Waals surface area contributed by atoms with E-state index in [4.69, 9.17) is 12.2 Å². The molecular weight excluding hydrogens is 346 g/mol. The highest BCUT2D eigenvalue weighted by atomic mass is 32.1. The van der Waals surface area contributed by atoms with Crippen molar-refractivity contribution in [3.63, 3.8) is 0 Å². The Kier molecular flexibility index (Phi) is 4.10. The van der Waals surface area contributed by atoms with Crippen molar-refractivity contribution >= 4 is 51.0 Å². The van der Waals surface area contributed by atoms with E-state index in [1.807, 2.05) is 67.1 Å². The van der Waals surface area contributed by atoms with Crippen molar-refractivity contribution in [3.8, 4) is 0 Å². The van der Waals surface area contributed by atoms with Gasteiger partial charge in [0.2, 0.25) is 0 Å². The summed E-state index contributed by atoms with van der Waals surface area (Å²) in [4.78, 5) is 4.54. The van der Waals surface area contributed by atoms with Gasteiger partial charge in [0.1, 0.15) is 5.52 Å². The second kappa shape index (κ2) is 6.57. The highest BCUT2D eigenvalue weighted by Gasteiger charge is 2.12. The molecule has 0 fully saturated rings. The largest absolute Gasteiger partial charge is 0.331 e. The van der Waals surface area contributed by atoms with Crippen LogP contribution in [0.4, 0.5) is 11.6 Å². The Balaban J connectivity index is 1.52. The Morgan fingerprint density at radius 3 is 2.65 bits per heavy atom. The molecule has 0 atom stereocenters. The van der Waals surface area contributed by atoms with Crippen molar-refractivity contribution in [2.45, 2.75) is 6.92 Å². The first-order chi connectivity index (χ1) is 12.6. The summed E-state index contributed by atoms with van der Waals surface area (Å²) >= 11 is 5.30. The minimum atomic E-state index is 0.345. The molecule has 0 aliphatic rings. The summed E-state index contributed by atoms with van der Waals surface area (Å²) in [7, 11) is 1.96. The number of hydrazine groups is 1. The van der Waals surface area contributed by atoms with Crippen LogP contribution >= 0.6 is 12.2 Å². The van der Waals surface area contributed by atoms with Crippen LogP contribution in [0.15, 0.2) is 48.5 Å². The fourth-order valence-electron chi connectivity index (χ4n) is 2.84. The van der Waals surface area contributed by atoms with E-state index in [0.29, 0.717) is 11.1 Å². The molecule has 0 spiro atoms. The van der Waals surface area contributed by atoms with Gasteiger partial charge in [0.25, 0.3) is 5.95 Å². The maximum absolute atomic E-state index is 5.30. The zero-order valence-corrected chi connectivity index (χ0v) is 15.1. The van der Waals surface area contributed by atoms with E-state index in [0.717, 1.165) is 33.3 Å². The maximum atomic E-state index is 5.30. The fourth-order valence-corrected chi connectivity index (χ4v) is 3.00.